The Balaban J connectivity index is 1.08. The van der Waals surface area contributed by atoms with Gasteiger partial charge in [-0.05, 0) is 74.3 Å². The van der Waals surface area contributed by atoms with E-state index in [1.54, 1.807) is 18.5 Å². The molecule has 2 fully saturated rings. The largest absolute Gasteiger partial charge is 0.453 e. The van der Waals surface area contributed by atoms with Crippen molar-refractivity contribution in [1.29, 1.82) is 0 Å². The third kappa shape index (κ3) is 6.76. The highest BCUT2D eigenvalue weighted by Gasteiger charge is 2.56. The molecule has 3 heterocycles. The first-order chi connectivity index (χ1) is 21.4. The van der Waals surface area contributed by atoms with Gasteiger partial charge >= 0.3 is 0 Å². The Hall–Kier alpha value is -4.68. The predicted molar refractivity (Wildman–Crippen MR) is 162 cm³/mol. The minimum absolute atomic E-state index is 0.0467. The van der Waals surface area contributed by atoms with Gasteiger partial charge in [0.05, 0.1) is 30.5 Å². The van der Waals surface area contributed by atoms with Crippen molar-refractivity contribution in [1.82, 2.24) is 14.9 Å². The summed E-state index contributed by atoms with van der Waals surface area (Å²) in [6, 6.07) is 12.9. The molecule has 10 nitrogen and oxygen atoms in total. The molecule has 2 aliphatic rings. The smallest absolute Gasteiger partial charge is 0.240 e. The number of carbonyl (C=O) groups excluding carboxylic acids is 2. The molecular weight excluding hydrogens is 570 g/mol. The quantitative estimate of drug-likeness (QED) is 0.159. The maximum Gasteiger partial charge on any atom is 0.240 e. The predicted octanol–water partition coefficient (Wildman–Crippen LogP) is 5.19. The van der Waals surface area contributed by atoms with Crippen LogP contribution in [-0.2, 0) is 14.3 Å². The van der Waals surface area contributed by atoms with Gasteiger partial charge in [0.25, 0.3) is 0 Å². The number of halogens is 2. The Kier molecular flexibility index (Phi) is 8.62. The van der Waals surface area contributed by atoms with Crippen molar-refractivity contribution in [2.24, 2.45) is 5.41 Å². The molecule has 0 spiro atoms. The first kappa shape index (κ1) is 29.4. The Bertz CT molecular complexity index is 1660. The molecule has 0 radical (unpaired) electrons. The molecule has 2 amide bonds. The van der Waals surface area contributed by atoms with Crippen molar-refractivity contribution in [2.45, 2.75) is 19.3 Å². The van der Waals surface area contributed by atoms with Crippen LogP contribution in [0.15, 0.2) is 67.0 Å². The minimum atomic E-state index is -1.27. The van der Waals surface area contributed by atoms with Crippen LogP contribution in [0.5, 0.6) is 11.5 Å². The van der Waals surface area contributed by atoms with E-state index in [1.807, 2.05) is 6.07 Å². The third-order valence-corrected chi connectivity index (χ3v) is 7.77. The number of amides is 2. The fourth-order valence-electron chi connectivity index (χ4n) is 5.05. The normalized spacial score (nSPS) is 15.9. The molecule has 2 aromatic heterocycles. The summed E-state index contributed by atoms with van der Waals surface area (Å²) in [6.45, 7) is 5.19. The molecule has 44 heavy (non-hydrogen) atoms. The maximum atomic E-state index is 15.2. The van der Waals surface area contributed by atoms with Crippen LogP contribution in [0.4, 0.5) is 25.8 Å². The van der Waals surface area contributed by atoms with Gasteiger partial charge in [-0.2, -0.15) is 0 Å². The summed E-state index contributed by atoms with van der Waals surface area (Å²) in [5, 5.41) is 9.29. The molecule has 1 aliphatic carbocycles. The zero-order chi connectivity index (χ0) is 30.5. The number of anilines is 3. The van der Waals surface area contributed by atoms with Gasteiger partial charge in [0.1, 0.15) is 17.0 Å². The lowest BCUT2D eigenvalue weighted by molar-refractivity contribution is -0.131. The molecule has 0 atom stereocenters. The lowest BCUT2D eigenvalue weighted by atomic mass is 10.0. The Morgan fingerprint density at radius 3 is 2.34 bits per heavy atom. The lowest BCUT2D eigenvalue weighted by Gasteiger charge is -2.26. The van der Waals surface area contributed by atoms with Gasteiger partial charge in [-0.1, -0.05) is 0 Å². The Morgan fingerprint density at radius 1 is 0.886 bits per heavy atom. The highest BCUT2D eigenvalue weighted by molar-refractivity contribution is 6.16. The van der Waals surface area contributed by atoms with E-state index in [0.717, 1.165) is 57.6 Å². The fourth-order valence-corrected chi connectivity index (χ4v) is 5.05. The molecule has 1 saturated heterocycles. The van der Waals surface area contributed by atoms with Crippen LogP contribution in [0, 0.1) is 17.0 Å². The number of fused-ring (bicyclic) bond motifs is 1. The van der Waals surface area contributed by atoms with Crippen LogP contribution in [0.3, 0.4) is 0 Å². The molecule has 12 heteroatoms. The van der Waals surface area contributed by atoms with E-state index >= 15 is 4.39 Å². The number of aromatic nitrogens is 2. The summed E-state index contributed by atoms with van der Waals surface area (Å²) in [5.74, 6) is -1.83. The topological polar surface area (TPSA) is 118 Å². The number of ether oxygens (including phenoxy) is 2. The second-order valence-corrected chi connectivity index (χ2v) is 10.9. The number of morpholine rings is 1. The van der Waals surface area contributed by atoms with Gasteiger partial charge < -0.3 is 25.4 Å². The van der Waals surface area contributed by atoms with Crippen LogP contribution >= 0.6 is 0 Å². The maximum absolute atomic E-state index is 15.2. The average molecular weight is 603 g/mol. The lowest BCUT2D eigenvalue weighted by Crippen LogP contribution is -2.37. The second kappa shape index (κ2) is 12.9. The molecule has 0 unspecified atom stereocenters. The van der Waals surface area contributed by atoms with Crippen LogP contribution in [0.25, 0.3) is 11.0 Å². The Labute approximate surface area is 252 Å². The van der Waals surface area contributed by atoms with Gasteiger partial charge in [-0.15, -0.1) is 0 Å². The van der Waals surface area contributed by atoms with Gasteiger partial charge in [0.2, 0.25) is 11.8 Å². The van der Waals surface area contributed by atoms with Crippen molar-refractivity contribution >= 4 is 39.9 Å². The zero-order valence-corrected chi connectivity index (χ0v) is 23.9. The first-order valence-electron chi connectivity index (χ1n) is 14.5. The molecule has 2 aromatic carbocycles. The minimum Gasteiger partial charge on any atom is -0.453 e. The van der Waals surface area contributed by atoms with E-state index in [1.165, 1.54) is 36.4 Å². The van der Waals surface area contributed by atoms with Crippen molar-refractivity contribution < 1.29 is 27.8 Å². The Morgan fingerprint density at radius 2 is 1.61 bits per heavy atom. The van der Waals surface area contributed by atoms with Crippen molar-refractivity contribution in [3.63, 3.8) is 0 Å². The number of nitrogens with zero attached hydrogens (tertiary/aromatic N) is 3. The van der Waals surface area contributed by atoms with Crippen molar-refractivity contribution in [3.8, 4) is 11.5 Å². The van der Waals surface area contributed by atoms with Gasteiger partial charge in [-0.3, -0.25) is 14.5 Å². The van der Waals surface area contributed by atoms with Crippen LogP contribution in [0.2, 0.25) is 0 Å². The van der Waals surface area contributed by atoms with Crippen molar-refractivity contribution in [3.05, 3.63) is 78.6 Å². The van der Waals surface area contributed by atoms with E-state index in [9.17, 15) is 14.0 Å². The molecule has 0 bridgehead atoms. The fraction of sp³-hybridized carbons (Fsp3) is 0.312. The third-order valence-electron chi connectivity index (χ3n) is 7.77. The average Bonchev–Trinajstić information content (AvgIpc) is 3.85. The van der Waals surface area contributed by atoms with E-state index in [0.29, 0.717) is 35.3 Å². The van der Waals surface area contributed by atoms with Crippen LogP contribution in [-0.4, -0.2) is 66.1 Å². The standard InChI is InChI=1S/C32H32F2N6O4/c33-21-2-4-22(5-3-21)38-30(41)32(9-10-32)31(42)39-23-6-7-28(26(34)19-23)44-27-8-12-36-29-25(27)18-24(20-37-29)35-11-1-13-40-14-16-43-17-15-40/h2-8,12,18-20,35H,1,9-11,13-17H2,(H,38,41)(H,39,42). The van der Waals surface area contributed by atoms with Gasteiger partial charge in [0.15, 0.2) is 17.2 Å². The molecule has 4 aromatic rings. The molecule has 228 valence electrons. The monoisotopic (exact) mass is 602 g/mol. The van der Waals surface area contributed by atoms with E-state index < -0.39 is 28.9 Å². The summed E-state index contributed by atoms with van der Waals surface area (Å²) < 4.78 is 39.7. The summed E-state index contributed by atoms with van der Waals surface area (Å²) in [6.07, 6.45) is 4.91. The molecule has 3 N–H and O–H groups in total. The van der Waals surface area contributed by atoms with Gasteiger partial charge in [-0.25, -0.2) is 18.7 Å². The second-order valence-electron chi connectivity index (χ2n) is 10.9. The first-order valence-corrected chi connectivity index (χ1v) is 14.5. The summed E-state index contributed by atoms with van der Waals surface area (Å²) >= 11 is 0. The summed E-state index contributed by atoms with van der Waals surface area (Å²) in [7, 11) is 0. The molecular formula is C32H32F2N6O4. The van der Waals surface area contributed by atoms with Gasteiger partial charge in [0, 0.05) is 43.3 Å². The van der Waals surface area contributed by atoms with Crippen LogP contribution < -0.4 is 20.7 Å². The SMILES string of the molecule is O=C(Nc1ccc(F)cc1)C1(C(=O)Nc2ccc(Oc3ccnc4ncc(NCCCN5CCOCC5)cc34)c(F)c2)CC1. The van der Waals surface area contributed by atoms with Crippen molar-refractivity contribution in [2.75, 3.05) is 55.3 Å². The number of pyridine rings is 2. The van der Waals surface area contributed by atoms with E-state index in [4.69, 9.17) is 9.47 Å². The zero-order valence-electron chi connectivity index (χ0n) is 23.9. The molecule has 6 rings (SSSR count). The number of carbonyl (C=O) groups is 2. The number of nitrogens with one attached hydrogen (secondary N) is 3. The number of hydrogen-bond acceptors (Lipinski definition) is 8. The summed E-state index contributed by atoms with van der Waals surface area (Å²) in [4.78, 5) is 36.9. The van der Waals surface area contributed by atoms with Crippen LogP contribution in [0.1, 0.15) is 19.3 Å². The highest BCUT2D eigenvalue weighted by atomic mass is 19.1. The molecule has 1 aliphatic heterocycles. The number of benzene rings is 2. The number of rotatable bonds is 11. The number of hydrogen-bond donors (Lipinski definition) is 3. The summed E-state index contributed by atoms with van der Waals surface area (Å²) in [5.41, 5.74) is 0.559. The highest BCUT2D eigenvalue weighted by Crippen LogP contribution is 2.47. The molecule has 1 saturated carbocycles. The van der Waals surface area contributed by atoms with E-state index in [-0.39, 0.29) is 11.4 Å². The van der Waals surface area contributed by atoms with E-state index in [2.05, 4.69) is 30.8 Å².